The van der Waals surface area contributed by atoms with Crippen molar-refractivity contribution in [1.82, 2.24) is 0 Å². The minimum atomic E-state index is -0.146. The van der Waals surface area contributed by atoms with Crippen LogP contribution in [-0.2, 0) is 9.47 Å². The summed E-state index contributed by atoms with van der Waals surface area (Å²) < 4.78 is 11.6. The number of rotatable bonds is 1. The van der Waals surface area contributed by atoms with Crippen molar-refractivity contribution in [2.75, 3.05) is 37.9 Å². The fourth-order valence-corrected chi connectivity index (χ4v) is 6.49. The van der Waals surface area contributed by atoms with Crippen LogP contribution in [0.3, 0.4) is 0 Å². The number of hydrogen-bond acceptors (Lipinski definition) is 5. The van der Waals surface area contributed by atoms with Gasteiger partial charge in [-0.25, -0.2) is 0 Å². The predicted octanol–water partition coefficient (Wildman–Crippen LogP) is 8.58. The van der Waals surface area contributed by atoms with Crippen LogP contribution < -0.4 is 0 Å². The van der Waals surface area contributed by atoms with Crippen molar-refractivity contribution in [3.05, 3.63) is 0 Å². The molecule has 0 spiro atoms. The van der Waals surface area contributed by atoms with E-state index in [4.69, 9.17) is 9.47 Å². The zero-order valence-electron chi connectivity index (χ0n) is 21.0. The molecule has 0 aromatic rings. The van der Waals surface area contributed by atoms with Gasteiger partial charge in [0.2, 0.25) is 0 Å². The molecule has 1 heterocycles. The van der Waals surface area contributed by atoms with Gasteiger partial charge in [-0.15, -0.1) is 0 Å². The highest BCUT2D eigenvalue weighted by Crippen LogP contribution is 2.25. The lowest BCUT2D eigenvalue weighted by Crippen LogP contribution is -2.24. The zero-order chi connectivity index (χ0) is 22.8. The van der Waals surface area contributed by atoms with Crippen molar-refractivity contribution >= 4 is 21.6 Å². The van der Waals surface area contributed by atoms with Gasteiger partial charge in [-0.1, -0.05) is 124 Å². The largest absolute Gasteiger partial charge is 0.394 e. The smallest absolute Gasteiger partial charge is 0.104 e. The van der Waals surface area contributed by atoms with Gasteiger partial charge < -0.3 is 14.6 Å². The standard InChI is InChI=1S/C27H54O3S2/c28-25-27-26-29-21-17-13-9-5-1-3-7-11-15-19-23-31-32-24-20-16-12-8-4-2-6-10-14-18-22-30-27/h27-28H,1-26H2. The molecule has 0 bridgehead atoms. The van der Waals surface area contributed by atoms with Gasteiger partial charge in [0.25, 0.3) is 0 Å². The highest BCUT2D eigenvalue weighted by atomic mass is 33.1. The second-order valence-electron chi connectivity index (χ2n) is 9.47. The minimum absolute atomic E-state index is 0.0670. The van der Waals surface area contributed by atoms with E-state index in [-0.39, 0.29) is 12.7 Å². The summed E-state index contributed by atoms with van der Waals surface area (Å²) >= 11 is 0. The van der Waals surface area contributed by atoms with E-state index in [0.717, 1.165) is 26.1 Å². The van der Waals surface area contributed by atoms with E-state index < -0.39 is 0 Å². The first-order valence-corrected chi connectivity index (χ1v) is 16.5. The summed E-state index contributed by atoms with van der Waals surface area (Å²) in [6.07, 6.45) is 26.9. The number of aliphatic hydroxyl groups excluding tert-OH is 1. The van der Waals surface area contributed by atoms with Crippen LogP contribution in [0.5, 0.6) is 0 Å². The molecule has 0 aromatic carbocycles. The molecule has 1 unspecified atom stereocenters. The molecule has 1 rings (SSSR count). The van der Waals surface area contributed by atoms with E-state index in [0.29, 0.717) is 6.61 Å². The normalized spacial score (nSPS) is 25.6. The molecule has 0 amide bonds. The Labute approximate surface area is 208 Å². The lowest BCUT2D eigenvalue weighted by Gasteiger charge is -2.15. The van der Waals surface area contributed by atoms with Crippen molar-refractivity contribution in [2.45, 2.75) is 135 Å². The van der Waals surface area contributed by atoms with Crippen LogP contribution in [0.15, 0.2) is 0 Å². The molecule has 192 valence electrons. The van der Waals surface area contributed by atoms with E-state index in [2.05, 4.69) is 21.6 Å². The van der Waals surface area contributed by atoms with Crippen molar-refractivity contribution in [3.8, 4) is 0 Å². The van der Waals surface area contributed by atoms with E-state index in [1.807, 2.05) is 0 Å². The van der Waals surface area contributed by atoms with Crippen molar-refractivity contribution in [2.24, 2.45) is 0 Å². The van der Waals surface area contributed by atoms with Gasteiger partial charge in [0.1, 0.15) is 6.10 Å². The van der Waals surface area contributed by atoms with Crippen LogP contribution >= 0.6 is 21.6 Å². The van der Waals surface area contributed by atoms with E-state index in [1.165, 1.54) is 127 Å². The zero-order valence-corrected chi connectivity index (χ0v) is 22.7. The monoisotopic (exact) mass is 490 g/mol. The first-order chi connectivity index (χ1) is 15.9. The molecule has 5 heteroatoms. The van der Waals surface area contributed by atoms with Crippen LogP contribution in [0.25, 0.3) is 0 Å². The maximum atomic E-state index is 9.49. The minimum Gasteiger partial charge on any atom is -0.394 e. The summed E-state index contributed by atoms with van der Waals surface area (Å²) in [6.45, 7) is 2.16. The molecule has 1 aliphatic rings. The van der Waals surface area contributed by atoms with Gasteiger partial charge in [-0.3, -0.25) is 0 Å². The van der Waals surface area contributed by atoms with Gasteiger partial charge in [-0.05, 0) is 25.7 Å². The first kappa shape index (κ1) is 30.6. The van der Waals surface area contributed by atoms with E-state index in [1.54, 1.807) is 0 Å². The van der Waals surface area contributed by atoms with Gasteiger partial charge in [0, 0.05) is 24.7 Å². The Kier molecular flexibility index (Phi) is 25.1. The molecule has 3 nitrogen and oxygen atoms in total. The van der Waals surface area contributed by atoms with E-state index in [9.17, 15) is 5.11 Å². The Morgan fingerprint density at radius 3 is 1.31 bits per heavy atom. The van der Waals surface area contributed by atoms with Gasteiger partial charge in [-0.2, -0.15) is 0 Å². The second-order valence-corrected chi connectivity index (χ2v) is 12.2. The highest BCUT2D eigenvalue weighted by molar-refractivity contribution is 8.76. The predicted molar refractivity (Wildman–Crippen MR) is 145 cm³/mol. The van der Waals surface area contributed by atoms with E-state index >= 15 is 0 Å². The van der Waals surface area contributed by atoms with Crippen LogP contribution in [-0.4, -0.2) is 49.1 Å². The summed E-state index contributed by atoms with van der Waals surface area (Å²) in [6, 6.07) is 0. The molecule has 0 saturated carbocycles. The molecule has 32 heavy (non-hydrogen) atoms. The van der Waals surface area contributed by atoms with Crippen molar-refractivity contribution in [1.29, 1.82) is 0 Å². The molecular weight excluding hydrogens is 436 g/mol. The highest BCUT2D eigenvalue weighted by Gasteiger charge is 2.07. The third-order valence-corrected chi connectivity index (χ3v) is 8.91. The average molecular weight is 491 g/mol. The molecule has 0 aromatic heterocycles. The topological polar surface area (TPSA) is 38.7 Å². The van der Waals surface area contributed by atoms with Gasteiger partial charge in [0.15, 0.2) is 0 Å². The summed E-state index contributed by atoms with van der Waals surface area (Å²) in [5, 5.41) is 9.49. The quantitative estimate of drug-likeness (QED) is 0.373. The Balaban J connectivity index is 2.10. The summed E-state index contributed by atoms with van der Waals surface area (Å²) in [5.74, 6) is 2.69. The lowest BCUT2D eigenvalue weighted by molar-refractivity contribution is -0.0437. The van der Waals surface area contributed by atoms with Crippen molar-refractivity contribution in [3.63, 3.8) is 0 Å². The average Bonchev–Trinajstić information content (AvgIpc) is 2.81. The molecule has 0 aliphatic carbocycles. The number of hydrogen-bond donors (Lipinski definition) is 1. The van der Waals surface area contributed by atoms with Crippen LogP contribution in [0, 0.1) is 0 Å². The SMILES string of the molecule is OCC1COCCCCCCCCCCCCSSCCCCCCCCCCCCO1. The Morgan fingerprint density at radius 1 is 0.500 bits per heavy atom. The first-order valence-electron chi connectivity index (χ1n) is 14.0. The molecule has 1 N–H and O–H groups in total. The van der Waals surface area contributed by atoms with Crippen LogP contribution in [0.2, 0.25) is 0 Å². The Bertz CT molecular complexity index is 328. The lowest BCUT2D eigenvalue weighted by atomic mass is 10.1. The molecular formula is C27H54O3S2. The summed E-state index contributed by atoms with van der Waals surface area (Å²) in [7, 11) is 4.21. The maximum Gasteiger partial charge on any atom is 0.104 e. The number of aliphatic hydroxyl groups is 1. The molecule has 0 radical (unpaired) electrons. The van der Waals surface area contributed by atoms with Crippen LogP contribution in [0.1, 0.15) is 128 Å². The second kappa shape index (κ2) is 26.2. The van der Waals surface area contributed by atoms with Gasteiger partial charge in [0.05, 0.1) is 13.2 Å². The van der Waals surface area contributed by atoms with Crippen molar-refractivity contribution < 1.29 is 14.6 Å². The fourth-order valence-electron chi connectivity index (χ4n) is 4.19. The third kappa shape index (κ3) is 22.4. The Morgan fingerprint density at radius 2 is 0.875 bits per heavy atom. The van der Waals surface area contributed by atoms with Gasteiger partial charge >= 0.3 is 0 Å². The number of ether oxygens (including phenoxy) is 2. The summed E-state index contributed by atoms with van der Waals surface area (Å²) in [4.78, 5) is 0. The molecule has 1 atom stereocenters. The maximum absolute atomic E-state index is 9.49. The fraction of sp³-hybridized carbons (Fsp3) is 1.00. The third-order valence-electron chi connectivity index (χ3n) is 6.33. The molecule has 1 saturated heterocycles. The summed E-state index contributed by atoms with van der Waals surface area (Å²) in [5.41, 5.74) is 0. The molecule has 1 aliphatic heterocycles. The Hall–Kier alpha value is 0.580. The van der Waals surface area contributed by atoms with Crippen LogP contribution in [0.4, 0.5) is 0 Å². The molecule has 1 fully saturated rings.